The summed E-state index contributed by atoms with van der Waals surface area (Å²) in [6, 6.07) is 4.31. The van der Waals surface area contributed by atoms with Crippen molar-refractivity contribution in [3.8, 4) is 5.75 Å². The van der Waals surface area contributed by atoms with Gasteiger partial charge in [-0.1, -0.05) is 6.92 Å². The van der Waals surface area contributed by atoms with Crippen LogP contribution >= 0.6 is 0 Å². The zero-order valence-electron chi connectivity index (χ0n) is 8.86. The van der Waals surface area contributed by atoms with Crippen LogP contribution in [0.3, 0.4) is 0 Å². The number of aromatic hydroxyl groups is 1. The van der Waals surface area contributed by atoms with Crippen LogP contribution in [0, 0.1) is 0 Å². The van der Waals surface area contributed by atoms with Crippen molar-refractivity contribution >= 4 is 10.9 Å². The Morgan fingerprint density at radius 1 is 1.38 bits per heavy atom. The van der Waals surface area contributed by atoms with Crippen LogP contribution in [0.4, 0.5) is 0 Å². The van der Waals surface area contributed by atoms with Crippen LogP contribution in [0.25, 0.3) is 10.9 Å². The molecule has 0 aliphatic carbocycles. The molecular weight excluding hydrogens is 208 g/mol. The van der Waals surface area contributed by atoms with Crippen molar-refractivity contribution in [2.75, 3.05) is 0 Å². The van der Waals surface area contributed by atoms with E-state index < -0.39 is 5.69 Å². The number of aromatic amines is 1. The van der Waals surface area contributed by atoms with Crippen LogP contribution in [0.5, 0.6) is 5.75 Å². The summed E-state index contributed by atoms with van der Waals surface area (Å²) in [6.07, 6.45) is 0.715. The monoisotopic (exact) mass is 220 g/mol. The molecule has 0 aliphatic heterocycles. The van der Waals surface area contributed by atoms with Crippen LogP contribution in [-0.2, 0) is 6.54 Å². The second-order valence-corrected chi connectivity index (χ2v) is 3.62. The van der Waals surface area contributed by atoms with Gasteiger partial charge in [-0.2, -0.15) is 0 Å². The van der Waals surface area contributed by atoms with Gasteiger partial charge in [0, 0.05) is 12.6 Å². The third kappa shape index (κ3) is 1.60. The van der Waals surface area contributed by atoms with Gasteiger partial charge in [0.1, 0.15) is 5.75 Å². The molecule has 2 aromatic rings. The van der Waals surface area contributed by atoms with E-state index in [-0.39, 0.29) is 11.3 Å². The highest BCUT2D eigenvalue weighted by Gasteiger charge is 2.06. The molecule has 0 unspecified atom stereocenters. The van der Waals surface area contributed by atoms with Gasteiger partial charge in [-0.05, 0) is 18.6 Å². The summed E-state index contributed by atoms with van der Waals surface area (Å²) in [7, 11) is 0. The number of phenols is 1. The number of aromatic nitrogens is 2. The maximum absolute atomic E-state index is 11.9. The molecule has 1 aromatic heterocycles. The van der Waals surface area contributed by atoms with E-state index in [9.17, 15) is 14.7 Å². The third-order valence-corrected chi connectivity index (χ3v) is 2.41. The number of rotatable bonds is 2. The van der Waals surface area contributed by atoms with Crippen molar-refractivity contribution in [3.05, 3.63) is 39.0 Å². The summed E-state index contributed by atoms with van der Waals surface area (Å²) < 4.78 is 1.17. The minimum Gasteiger partial charge on any atom is -0.508 e. The molecule has 0 atom stereocenters. The van der Waals surface area contributed by atoms with Crippen molar-refractivity contribution in [2.24, 2.45) is 0 Å². The normalized spacial score (nSPS) is 10.8. The van der Waals surface area contributed by atoms with E-state index in [1.807, 2.05) is 6.92 Å². The Morgan fingerprint density at radius 3 is 2.81 bits per heavy atom. The van der Waals surface area contributed by atoms with Gasteiger partial charge in [0.15, 0.2) is 0 Å². The Hall–Kier alpha value is -2.04. The van der Waals surface area contributed by atoms with E-state index >= 15 is 0 Å². The lowest BCUT2D eigenvalue weighted by Gasteiger charge is -2.04. The van der Waals surface area contributed by atoms with Gasteiger partial charge in [0.2, 0.25) is 0 Å². The summed E-state index contributed by atoms with van der Waals surface area (Å²) in [6.45, 7) is 2.29. The van der Waals surface area contributed by atoms with Crippen LogP contribution in [0.15, 0.2) is 27.8 Å². The average Bonchev–Trinajstić information content (AvgIpc) is 2.23. The molecule has 0 spiro atoms. The SMILES string of the molecule is CCCn1c(=O)[nH]c2cc(O)ccc2c1=O. The predicted molar refractivity (Wildman–Crippen MR) is 60.8 cm³/mol. The molecule has 0 aliphatic rings. The highest BCUT2D eigenvalue weighted by atomic mass is 16.3. The van der Waals surface area contributed by atoms with Crippen molar-refractivity contribution in [1.82, 2.24) is 9.55 Å². The Bertz CT molecular complexity index is 640. The van der Waals surface area contributed by atoms with Gasteiger partial charge in [0.05, 0.1) is 10.9 Å². The number of hydrogen-bond acceptors (Lipinski definition) is 3. The van der Waals surface area contributed by atoms with E-state index in [2.05, 4.69) is 4.98 Å². The lowest BCUT2D eigenvalue weighted by Crippen LogP contribution is -2.34. The molecule has 16 heavy (non-hydrogen) atoms. The molecule has 2 rings (SSSR count). The zero-order chi connectivity index (χ0) is 11.7. The maximum atomic E-state index is 11.9. The molecule has 0 saturated carbocycles. The van der Waals surface area contributed by atoms with E-state index in [0.29, 0.717) is 23.9 Å². The van der Waals surface area contributed by atoms with Gasteiger partial charge in [0.25, 0.3) is 5.56 Å². The van der Waals surface area contributed by atoms with Crippen LogP contribution in [-0.4, -0.2) is 14.7 Å². The molecule has 1 aromatic carbocycles. The molecule has 0 bridgehead atoms. The summed E-state index contributed by atoms with van der Waals surface area (Å²) >= 11 is 0. The fourth-order valence-electron chi connectivity index (χ4n) is 1.67. The molecule has 84 valence electrons. The molecule has 1 heterocycles. The van der Waals surface area contributed by atoms with E-state index in [1.54, 1.807) is 0 Å². The third-order valence-electron chi connectivity index (χ3n) is 2.41. The first-order valence-electron chi connectivity index (χ1n) is 5.09. The predicted octanol–water partition coefficient (Wildman–Crippen LogP) is 0.805. The van der Waals surface area contributed by atoms with Crippen molar-refractivity contribution in [2.45, 2.75) is 19.9 Å². The lowest BCUT2D eigenvalue weighted by molar-refractivity contribution is 0.476. The second kappa shape index (κ2) is 3.84. The lowest BCUT2D eigenvalue weighted by atomic mass is 10.2. The molecule has 5 heteroatoms. The number of phenolic OH excluding ortho intramolecular Hbond substituents is 1. The Balaban J connectivity index is 2.84. The number of nitrogens with zero attached hydrogens (tertiary/aromatic N) is 1. The number of nitrogens with one attached hydrogen (secondary N) is 1. The van der Waals surface area contributed by atoms with Gasteiger partial charge in [-0.3, -0.25) is 9.36 Å². The summed E-state index contributed by atoms with van der Waals surface area (Å²) in [4.78, 5) is 26.1. The van der Waals surface area contributed by atoms with E-state index in [1.165, 1.54) is 22.8 Å². The van der Waals surface area contributed by atoms with Gasteiger partial charge >= 0.3 is 5.69 Å². The minimum atomic E-state index is -0.440. The van der Waals surface area contributed by atoms with Crippen molar-refractivity contribution in [3.63, 3.8) is 0 Å². The highest BCUT2D eigenvalue weighted by Crippen LogP contribution is 2.13. The first kappa shape index (κ1) is 10.5. The summed E-state index contributed by atoms with van der Waals surface area (Å²) in [5.74, 6) is 0.0239. The molecule has 0 saturated heterocycles. The van der Waals surface area contributed by atoms with Gasteiger partial charge in [-0.25, -0.2) is 4.79 Å². The van der Waals surface area contributed by atoms with E-state index in [0.717, 1.165) is 0 Å². The molecule has 0 amide bonds. The zero-order valence-corrected chi connectivity index (χ0v) is 8.86. The fraction of sp³-hybridized carbons (Fsp3) is 0.273. The average molecular weight is 220 g/mol. The van der Waals surface area contributed by atoms with Gasteiger partial charge < -0.3 is 10.1 Å². The van der Waals surface area contributed by atoms with Crippen LogP contribution in [0.2, 0.25) is 0 Å². The van der Waals surface area contributed by atoms with Gasteiger partial charge in [-0.15, -0.1) is 0 Å². The van der Waals surface area contributed by atoms with Crippen LogP contribution in [0.1, 0.15) is 13.3 Å². The number of benzene rings is 1. The standard InChI is InChI=1S/C11H12N2O3/c1-2-5-13-10(15)8-4-3-7(14)6-9(8)12-11(13)16/h3-4,6,14H,2,5H2,1H3,(H,12,16). The summed E-state index contributed by atoms with van der Waals surface area (Å²) in [5, 5.41) is 9.66. The molecule has 0 fully saturated rings. The summed E-state index contributed by atoms with van der Waals surface area (Å²) in [5.41, 5.74) is -0.395. The molecule has 5 nitrogen and oxygen atoms in total. The smallest absolute Gasteiger partial charge is 0.328 e. The minimum absolute atomic E-state index is 0.0239. The van der Waals surface area contributed by atoms with Crippen molar-refractivity contribution in [1.29, 1.82) is 0 Å². The number of hydrogen-bond donors (Lipinski definition) is 2. The topological polar surface area (TPSA) is 75.1 Å². The van der Waals surface area contributed by atoms with E-state index in [4.69, 9.17) is 0 Å². The maximum Gasteiger partial charge on any atom is 0.328 e. The van der Waals surface area contributed by atoms with Crippen LogP contribution < -0.4 is 11.2 Å². The molecular formula is C11H12N2O3. The molecule has 0 radical (unpaired) electrons. The fourth-order valence-corrected chi connectivity index (χ4v) is 1.67. The second-order valence-electron chi connectivity index (χ2n) is 3.62. The Labute approximate surface area is 91.0 Å². The highest BCUT2D eigenvalue weighted by molar-refractivity contribution is 5.78. The quantitative estimate of drug-likeness (QED) is 0.786. The largest absolute Gasteiger partial charge is 0.508 e. The Morgan fingerprint density at radius 2 is 2.12 bits per heavy atom. The molecule has 2 N–H and O–H groups in total. The van der Waals surface area contributed by atoms with Crippen molar-refractivity contribution < 1.29 is 5.11 Å². The number of H-pyrrole nitrogens is 1. The number of fused-ring (bicyclic) bond motifs is 1. The first-order chi connectivity index (χ1) is 7.63. The Kier molecular flexibility index (Phi) is 2.52. The first-order valence-corrected chi connectivity index (χ1v) is 5.09.